The van der Waals surface area contributed by atoms with Crippen molar-refractivity contribution in [3.63, 3.8) is 0 Å². The summed E-state index contributed by atoms with van der Waals surface area (Å²) in [6, 6.07) is -0.316. The van der Waals surface area contributed by atoms with Crippen molar-refractivity contribution in [2.75, 3.05) is 31.1 Å². The molecule has 1 amide bonds. The minimum atomic E-state index is -2.88. The summed E-state index contributed by atoms with van der Waals surface area (Å²) in [7, 11) is -2.88. The van der Waals surface area contributed by atoms with Crippen LogP contribution in [0.4, 0.5) is 0 Å². The predicted octanol–water partition coefficient (Wildman–Crippen LogP) is -0.651. The van der Waals surface area contributed by atoms with Crippen LogP contribution in [-0.2, 0) is 14.6 Å². The monoisotopic (exact) mass is 291 g/mol. The molecule has 3 N–H and O–H groups in total. The molecule has 0 saturated carbocycles. The van der Waals surface area contributed by atoms with Crippen LogP contribution in [0.1, 0.15) is 26.7 Å². The highest BCUT2D eigenvalue weighted by Crippen LogP contribution is 2.12. The number of rotatable bonds is 7. The average molecular weight is 291 g/mol. The number of carbonyl (C=O) groups is 1. The molecule has 0 aromatic rings. The zero-order valence-corrected chi connectivity index (χ0v) is 12.6. The number of hydrogen-bond acceptors (Lipinski definition) is 5. The van der Waals surface area contributed by atoms with Crippen molar-refractivity contribution in [3.05, 3.63) is 0 Å². The normalized spacial score (nSPS) is 25.1. The van der Waals surface area contributed by atoms with Crippen LogP contribution in [0.3, 0.4) is 0 Å². The Labute approximate surface area is 115 Å². The largest absolute Gasteiger partial charge is 0.368 e. The summed E-state index contributed by atoms with van der Waals surface area (Å²) in [5, 5.41) is 3.12. The highest BCUT2D eigenvalue weighted by Gasteiger charge is 2.28. The molecule has 6 nitrogen and oxygen atoms in total. The minimum absolute atomic E-state index is 0.0125. The predicted molar refractivity (Wildman–Crippen MR) is 75.6 cm³/mol. The van der Waals surface area contributed by atoms with Gasteiger partial charge >= 0.3 is 0 Å². The molecule has 1 fully saturated rings. The van der Waals surface area contributed by atoms with Gasteiger partial charge in [-0.25, -0.2) is 8.42 Å². The van der Waals surface area contributed by atoms with Gasteiger partial charge in [-0.1, -0.05) is 6.92 Å². The SMILES string of the molecule is CCCNC(CCN1CCS(=O)(=O)CC1C)C(N)=O. The molecule has 112 valence electrons. The maximum absolute atomic E-state index is 11.5. The third-order valence-corrected chi connectivity index (χ3v) is 5.29. The van der Waals surface area contributed by atoms with Gasteiger partial charge in [0.15, 0.2) is 9.84 Å². The summed E-state index contributed by atoms with van der Waals surface area (Å²) in [4.78, 5) is 13.4. The first kappa shape index (κ1) is 16.4. The number of primary amides is 1. The van der Waals surface area contributed by atoms with Crippen molar-refractivity contribution < 1.29 is 13.2 Å². The average Bonchev–Trinajstić information content (AvgIpc) is 2.30. The van der Waals surface area contributed by atoms with Crippen LogP contribution in [0.15, 0.2) is 0 Å². The Balaban J connectivity index is 2.44. The van der Waals surface area contributed by atoms with E-state index in [1.54, 1.807) is 0 Å². The Morgan fingerprint density at radius 2 is 2.21 bits per heavy atom. The van der Waals surface area contributed by atoms with E-state index in [-0.39, 0.29) is 29.5 Å². The molecule has 1 heterocycles. The van der Waals surface area contributed by atoms with E-state index < -0.39 is 9.84 Å². The molecule has 2 unspecified atom stereocenters. The second-order valence-electron chi connectivity index (χ2n) is 5.20. The Morgan fingerprint density at radius 3 is 2.74 bits per heavy atom. The maximum atomic E-state index is 11.5. The molecule has 0 spiro atoms. The summed E-state index contributed by atoms with van der Waals surface area (Å²) in [6.07, 6.45) is 1.57. The zero-order valence-electron chi connectivity index (χ0n) is 11.8. The first-order valence-corrected chi connectivity index (χ1v) is 8.65. The fraction of sp³-hybridized carbons (Fsp3) is 0.917. The molecular formula is C12H25N3O3S. The second-order valence-corrected chi connectivity index (χ2v) is 7.43. The van der Waals surface area contributed by atoms with E-state index in [4.69, 9.17) is 5.73 Å². The molecule has 0 bridgehead atoms. The molecule has 19 heavy (non-hydrogen) atoms. The Hall–Kier alpha value is -0.660. The number of nitrogens with one attached hydrogen (secondary N) is 1. The number of carbonyl (C=O) groups excluding carboxylic acids is 1. The first-order chi connectivity index (χ1) is 8.85. The fourth-order valence-electron chi connectivity index (χ4n) is 2.32. The van der Waals surface area contributed by atoms with E-state index in [0.29, 0.717) is 19.5 Å². The van der Waals surface area contributed by atoms with Gasteiger partial charge in [0.05, 0.1) is 17.5 Å². The highest BCUT2D eigenvalue weighted by molar-refractivity contribution is 7.91. The number of sulfone groups is 1. The molecule has 0 aromatic heterocycles. The van der Waals surface area contributed by atoms with E-state index in [1.165, 1.54) is 0 Å². The molecule has 0 aliphatic carbocycles. The van der Waals surface area contributed by atoms with Crippen molar-refractivity contribution in [2.24, 2.45) is 5.73 Å². The summed E-state index contributed by atoms with van der Waals surface area (Å²) in [5.41, 5.74) is 5.35. The maximum Gasteiger partial charge on any atom is 0.234 e. The van der Waals surface area contributed by atoms with Crippen LogP contribution in [0, 0.1) is 0 Å². The quantitative estimate of drug-likeness (QED) is 0.650. The van der Waals surface area contributed by atoms with Gasteiger partial charge < -0.3 is 11.1 Å². The standard InChI is InChI=1S/C12H25N3O3S/c1-3-5-14-11(12(13)16)4-6-15-7-8-19(17,18)9-10(15)2/h10-11,14H,3-9H2,1-2H3,(H2,13,16). The van der Waals surface area contributed by atoms with E-state index in [1.807, 2.05) is 13.8 Å². The summed E-state index contributed by atoms with van der Waals surface area (Å²) < 4.78 is 23.0. The lowest BCUT2D eigenvalue weighted by atomic mass is 10.1. The third kappa shape index (κ3) is 5.46. The molecule has 7 heteroatoms. The van der Waals surface area contributed by atoms with Crippen LogP contribution >= 0.6 is 0 Å². The van der Waals surface area contributed by atoms with Gasteiger partial charge in [-0.3, -0.25) is 9.69 Å². The highest BCUT2D eigenvalue weighted by atomic mass is 32.2. The molecule has 1 aliphatic rings. The molecular weight excluding hydrogens is 266 g/mol. The lowest BCUT2D eigenvalue weighted by Crippen LogP contribution is -2.50. The lowest BCUT2D eigenvalue weighted by molar-refractivity contribution is -0.120. The second kappa shape index (κ2) is 7.21. The van der Waals surface area contributed by atoms with Crippen molar-refractivity contribution in [1.29, 1.82) is 0 Å². The van der Waals surface area contributed by atoms with E-state index in [2.05, 4.69) is 10.2 Å². The van der Waals surface area contributed by atoms with Gasteiger partial charge in [0.1, 0.15) is 0 Å². The molecule has 1 rings (SSSR count). The third-order valence-electron chi connectivity index (χ3n) is 3.50. The fourth-order valence-corrected chi connectivity index (χ4v) is 3.95. The number of nitrogens with zero attached hydrogens (tertiary/aromatic N) is 1. The van der Waals surface area contributed by atoms with Gasteiger partial charge in [-0.15, -0.1) is 0 Å². The molecule has 1 aliphatic heterocycles. The van der Waals surface area contributed by atoms with E-state index in [9.17, 15) is 13.2 Å². The molecule has 2 atom stereocenters. The zero-order chi connectivity index (χ0) is 14.5. The van der Waals surface area contributed by atoms with Crippen molar-refractivity contribution >= 4 is 15.7 Å². The summed E-state index contributed by atoms with van der Waals surface area (Å²) in [5.74, 6) is 0.0724. The smallest absolute Gasteiger partial charge is 0.234 e. The van der Waals surface area contributed by atoms with Crippen LogP contribution < -0.4 is 11.1 Å². The van der Waals surface area contributed by atoms with Crippen LogP contribution in [0.25, 0.3) is 0 Å². The molecule has 1 saturated heterocycles. The first-order valence-electron chi connectivity index (χ1n) is 6.83. The molecule has 0 aromatic carbocycles. The topological polar surface area (TPSA) is 92.5 Å². The van der Waals surface area contributed by atoms with Gasteiger partial charge in [0, 0.05) is 19.1 Å². The number of amides is 1. The van der Waals surface area contributed by atoms with Gasteiger partial charge in [0.2, 0.25) is 5.91 Å². The van der Waals surface area contributed by atoms with Crippen LogP contribution in [-0.4, -0.2) is 62.4 Å². The van der Waals surface area contributed by atoms with Gasteiger partial charge in [-0.05, 0) is 26.3 Å². The summed E-state index contributed by atoms with van der Waals surface area (Å²) in [6.45, 7) is 5.94. The lowest BCUT2D eigenvalue weighted by Gasteiger charge is -2.33. The Morgan fingerprint density at radius 1 is 1.53 bits per heavy atom. The van der Waals surface area contributed by atoms with E-state index >= 15 is 0 Å². The summed E-state index contributed by atoms with van der Waals surface area (Å²) >= 11 is 0. The Kier molecular flexibility index (Phi) is 6.22. The van der Waals surface area contributed by atoms with Crippen LogP contribution in [0.5, 0.6) is 0 Å². The number of nitrogens with two attached hydrogens (primary N) is 1. The van der Waals surface area contributed by atoms with Crippen LogP contribution in [0.2, 0.25) is 0 Å². The molecule has 0 radical (unpaired) electrons. The van der Waals surface area contributed by atoms with Crippen molar-refractivity contribution in [2.45, 2.75) is 38.8 Å². The Bertz CT molecular complexity index is 397. The van der Waals surface area contributed by atoms with Gasteiger partial charge in [0.25, 0.3) is 0 Å². The van der Waals surface area contributed by atoms with Gasteiger partial charge in [-0.2, -0.15) is 0 Å². The van der Waals surface area contributed by atoms with E-state index in [0.717, 1.165) is 13.0 Å². The number of hydrogen-bond donors (Lipinski definition) is 2. The van der Waals surface area contributed by atoms with Crippen molar-refractivity contribution in [1.82, 2.24) is 10.2 Å². The minimum Gasteiger partial charge on any atom is -0.368 e. The van der Waals surface area contributed by atoms with Crippen molar-refractivity contribution in [3.8, 4) is 0 Å².